The summed E-state index contributed by atoms with van der Waals surface area (Å²) in [6, 6.07) is 19.3. The Hall–Kier alpha value is -3.41. The average Bonchev–Trinajstić information content (AvgIpc) is 2.74. The zero-order valence-electron chi connectivity index (χ0n) is 16.1. The van der Waals surface area contributed by atoms with Crippen LogP contribution in [0.2, 0.25) is 0 Å². The number of nitrogens with zero attached hydrogens (tertiary/aromatic N) is 2. The van der Waals surface area contributed by atoms with E-state index >= 15 is 0 Å². The number of anilines is 2. The Bertz CT molecular complexity index is 898. The predicted octanol–water partition coefficient (Wildman–Crippen LogP) is 4.33. The Morgan fingerprint density at radius 3 is 2.54 bits per heavy atom. The molecule has 0 spiro atoms. The summed E-state index contributed by atoms with van der Waals surface area (Å²) in [5.74, 6) is 1.14. The van der Waals surface area contributed by atoms with Crippen molar-refractivity contribution in [2.45, 2.75) is 32.9 Å². The molecule has 1 amide bonds. The van der Waals surface area contributed by atoms with Gasteiger partial charge in [0.15, 0.2) is 0 Å². The van der Waals surface area contributed by atoms with Crippen LogP contribution in [0.15, 0.2) is 67.0 Å². The van der Waals surface area contributed by atoms with Crippen LogP contribution in [-0.4, -0.2) is 21.9 Å². The first-order valence-corrected chi connectivity index (χ1v) is 9.30. The Morgan fingerprint density at radius 1 is 1.07 bits per heavy atom. The molecule has 0 radical (unpaired) electrons. The maximum atomic E-state index is 12.2. The SMILES string of the molecule is CCC(C)NC(=O)c1cc(Nc2ccc(OCc3ccccc3)cc2)ncn1. The smallest absolute Gasteiger partial charge is 0.270 e. The Kier molecular flexibility index (Phi) is 6.57. The second-order valence-corrected chi connectivity index (χ2v) is 6.49. The molecule has 2 N–H and O–H groups in total. The lowest BCUT2D eigenvalue weighted by atomic mass is 10.2. The van der Waals surface area contributed by atoms with Crippen LogP contribution >= 0.6 is 0 Å². The minimum atomic E-state index is -0.204. The molecule has 3 aromatic rings. The number of carbonyl (C=O) groups excluding carboxylic acids is 1. The Morgan fingerprint density at radius 2 is 1.82 bits per heavy atom. The van der Waals surface area contributed by atoms with E-state index < -0.39 is 0 Å². The highest BCUT2D eigenvalue weighted by Crippen LogP contribution is 2.20. The zero-order valence-corrected chi connectivity index (χ0v) is 16.1. The van der Waals surface area contributed by atoms with Gasteiger partial charge in [0, 0.05) is 17.8 Å². The van der Waals surface area contributed by atoms with Crippen LogP contribution < -0.4 is 15.4 Å². The second kappa shape index (κ2) is 9.50. The standard InChI is InChI=1S/C22H24N4O2/c1-3-16(2)25-22(27)20-13-21(24-15-23-20)26-18-9-11-19(12-10-18)28-14-17-7-5-4-6-8-17/h4-13,15-16H,3,14H2,1-2H3,(H,25,27)(H,23,24,26). The van der Waals surface area contributed by atoms with Gasteiger partial charge in [-0.3, -0.25) is 4.79 Å². The third kappa shape index (κ3) is 5.54. The molecule has 0 aliphatic heterocycles. The van der Waals surface area contributed by atoms with Gasteiger partial charge in [-0.15, -0.1) is 0 Å². The summed E-state index contributed by atoms with van der Waals surface area (Å²) in [5, 5.41) is 6.08. The highest BCUT2D eigenvalue weighted by molar-refractivity contribution is 5.93. The molecule has 28 heavy (non-hydrogen) atoms. The fourth-order valence-electron chi connectivity index (χ4n) is 2.47. The van der Waals surface area contributed by atoms with Gasteiger partial charge in [-0.1, -0.05) is 37.3 Å². The van der Waals surface area contributed by atoms with Crippen molar-refractivity contribution in [1.82, 2.24) is 15.3 Å². The number of ether oxygens (including phenoxy) is 1. The molecule has 3 rings (SSSR count). The number of carbonyl (C=O) groups is 1. The molecule has 0 aliphatic rings. The van der Waals surface area contributed by atoms with E-state index in [1.807, 2.05) is 68.4 Å². The van der Waals surface area contributed by atoms with Crippen LogP contribution in [0.4, 0.5) is 11.5 Å². The van der Waals surface area contributed by atoms with Gasteiger partial charge < -0.3 is 15.4 Å². The molecule has 0 saturated heterocycles. The summed E-state index contributed by atoms with van der Waals surface area (Å²) in [6.07, 6.45) is 2.24. The van der Waals surface area contributed by atoms with Crippen LogP contribution in [0.5, 0.6) is 5.75 Å². The molecule has 144 valence electrons. The van der Waals surface area contributed by atoms with E-state index in [1.54, 1.807) is 6.07 Å². The first-order chi connectivity index (χ1) is 13.6. The lowest BCUT2D eigenvalue weighted by Crippen LogP contribution is -2.32. The van der Waals surface area contributed by atoms with Gasteiger partial charge in [0.05, 0.1) is 0 Å². The van der Waals surface area contributed by atoms with Gasteiger partial charge in [-0.25, -0.2) is 9.97 Å². The van der Waals surface area contributed by atoms with Crippen molar-refractivity contribution in [3.05, 3.63) is 78.2 Å². The van der Waals surface area contributed by atoms with Crippen LogP contribution in [0.25, 0.3) is 0 Å². The van der Waals surface area contributed by atoms with Crippen molar-refractivity contribution in [3.63, 3.8) is 0 Å². The predicted molar refractivity (Wildman–Crippen MR) is 110 cm³/mol. The number of hydrogen-bond donors (Lipinski definition) is 2. The van der Waals surface area contributed by atoms with Crippen molar-refractivity contribution in [1.29, 1.82) is 0 Å². The quantitative estimate of drug-likeness (QED) is 0.612. The first kappa shape index (κ1) is 19.4. The third-order valence-corrected chi connectivity index (χ3v) is 4.26. The summed E-state index contributed by atoms with van der Waals surface area (Å²) < 4.78 is 5.79. The summed E-state index contributed by atoms with van der Waals surface area (Å²) in [4.78, 5) is 20.4. The summed E-state index contributed by atoms with van der Waals surface area (Å²) in [5.41, 5.74) is 2.30. The fraction of sp³-hybridized carbons (Fsp3) is 0.227. The minimum absolute atomic E-state index is 0.0994. The number of nitrogens with one attached hydrogen (secondary N) is 2. The summed E-state index contributed by atoms with van der Waals surface area (Å²) >= 11 is 0. The summed E-state index contributed by atoms with van der Waals surface area (Å²) in [7, 11) is 0. The molecule has 6 nitrogen and oxygen atoms in total. The average molecular weight is 376 g/mol. The number of aromatic nitrogens is 2. The van der Waals surface area contributed by atoms with Crippen LogP contribution in [0, 0.1) is 0 Å². The monoisotopic (exact) mass is 376 g/mol. The molecule has 6 heteroatoms. The van der Waals surface area contributed by atoms with Gasteiger partial charge >= 0.3 is 0 Å². The van der Waals surface area contributed by atoms with E-state index in [1.165, 1.54) is 6.33 Å². The van der Waals surface area contributed by atoms with Gasteiger partial charge in [-0.2, -0.15) is 0 Å². The van der Waals surface area contributed by atoms with E-state index in [0.29, 0.717) is 18.1 Å². The molecule has 2 aromatic carbocycles. The fourth-order valence-corrected chi connectivity index (χ4v) is 2.47. The highest BCUT2D eigenvalue weighted by Gasteiger charge is 2.11. The van der Waals surface area contributed by atoms with Crippen LogP contribution in [0.1, 0.15) is 36.3 Å². The van der Waals surface area contributed by atoms with Crippen molar-refractivity contribution in [2.75, 3.05) is 5.32 Å². The second-order valence-electron chi connectivity index (χ2n) is 6.49. The topological polar surface area (TPSA) is 76.1 Å². The highest BCUT2D eigenvalue weighted by atomic mass is 16.5. The summed E-state index contributed by atoms with van der Waals surface area (Å²) in [6.45, 7) is 4.50. The number of rotatable bonds is 8. The van der Waals surface area contributed by atoms with Crippen molar-refractivity contribution in [2.24, 2.45) is 0 Å². The molecule has 0 saturated carbocycles. The molecule has 1 unspecified atom stereocenters. The van der Waals surface area contributed by atoms with Crippen LogP contribution in [0.3, 0.4) is 0 Å². The normalized spacial score (nSPS) is 11.5. The Labute approximate surface area is 165 Å². The van der Waals surface area contributed by atoms with E-state index in [0.717, 1.165) is 23.4 Å². The molecule has 1 atom stereocenters. The van der Waals surface area contributed by atoms with Gasteiger partial charge in [0.2, 0.25) is 0 Å². The van der Waals surface area contributed by atoms with Crippen LogP contribution in [-0.2, 0) is 6.61 Å². The van der Waals surface area contributed by atoms with Gasteiger partial charge in [0.1, 0.15) is 30.2 Å². The number of benzene rings is 2. The first-order valence-electron chi connectivity index (χ1n) is 9.30. The van der Waals surface area contributed by atoms with Gasteiger partial charge in [0.25, 0.3) is 5.91 Å². The molecule has 1 heterocycles. The molecule has 0 aliphatic carbocycles. The lowest BCUT2D eigenvalue weighted by molar-refractivity contribution is 0.0934. The van der Waals surface area contributed by atoms with Gasteiger partial charge in [-0.05, 0) is 43.2 Å². The van der Waals surface area contributed by atoms with Crippen molar-refractivity contribution < 1.29 is 9.53 Å². The molecule has 0 fully saturated rings. The molecule has 0 bridgehead atoms. The molecular formula is C22H24N4O2. The maximum absolute atomic E-state index is 12.2. The van der Waals surface area contributed by atoms with E-state index in [9.17, 15) is 4.79 Å². The molecular weight excluding hydrogens is 352 g/mol. The van der Waals surface area contributed by atoms with E-state index in [2.05, 4.69) is 20.6 Å². The largest absolute Gasteiger partial charge is 0.489 e. The third-order valence-electron chi connectivity index (χ3n) is 4.26. The van der Waals surface area contributed by atoms with E-state index in [-0.39, 0.29) is 11.9 Å². The zero-order chi connectivity index (χ0) is 19.8. The van der Waals surface area contributed by atoms with Crippen molar-refractivity contribution >= 4 is 17.4 Å². The van der Waals surface area contributed by atoms with Crippen molar-refractivity contribution in [3.8, 4) is 5.75 Å². The minimum Gasteiger partial charge on any atom is -0.489 e. The molecule has 1 aromatic heterocycles. The number of hydrogen-bond acceptors (Lipinski definition) is 5. The lowest BCUT2D eigenvalue weighted by Gasteiger charge is -2.12. The van der Waals surface area contributed by atoms with E-state index in [4.69, 9.17) is 4.74 Å². The Balaban J connectivity index is 1.59. The maximum Gasteiger partial charge on any atom is 0.270 e. The number of amides is 1.